The molecule has 1 aromatic carbocycles. The Labute approximate surface area is 121 Å². The van der Waals surface area contributed by atoms with Gasteiger partial charge in [-0.2, -0.15) is 15.4 Å². The summed E-state index contributed by atoms with van der Waals surface area (Å²) in [6, 6.07) is 8.11. The number of benzene rings is 1. The van der Waals surface area contributed by atoms with Crippen molar-refractivity contribution in [3.8, 4) is 11.3 Å². The summed E-state index contributed by atoms with van der Waals surface area (Å²) in [7, 11) is 1.69. The third kappa shape index (κ3) is 3.32. The molecule has 7 heteroatoms. The zero-order valence-corrected chi connectivity index (χ0v) is 11.7. The molecule has 2 aromatic heterocycles. The van der Waals surface area contributed by atoms with Gasteiger partial charge in [0, 0.05) is 25.6 Å². The number of aryl methyl sites for hydroxylation is 2. The minimum Gasteiger partial charge on any atom is -0.380 e. The van der Waals surface area contributed by atoms with Crippen molar-refractivity contribution in [1.82, 2.24) is 30.4 Å². The first-order valence-electron chi connectivity index (χ1n) is 6.68. The normalized spacial score (nSPS) is 10.9. The molecule has 108 valence electrons. The van der Waals surface area contributed by atoms with Crippen LogP contribution in [0.4, 0.5) is 0 Å². The number of aromatic nitrogens is 6. The number of ether oxygens (including phenoxy) is 1. The van der Waals surface area contributed by atoms with Crippen molar-refractivity contribution in [2.45, 2.75) is 19.6 Å². The Morgan fingerprint density at radius 3 is 3.10 bits per heavy atom. The van der Waals surface area contributed by atoms with Crippen LogP contribution in [-0.4, -0.2) is 37.5 Å². The van der Waals surface area contributed by atoms with Crippen LogP contribution in [-0.2, 0) is 24.3 Å². The van der Waals surface area contributed by atoms with E-state index in [9.17, 15) is 0 Å². The first kappa shape index (κ1) is 13.4. The summed E-state index contributed by atoms with van der Waals surface area (Å²) in [5, 5.41) is 18.8. The number of methoxy groups -OCH3 is 1. The van der Waals surface area contributed by atoms with Crippen molar-refractivity contribution < 1.29 is 4.74 Å². The molecule has 0 saturated heterocycles. The second-order valence-corrected chi connectivity index (χ2v) is 4.71. The Morgan fingerprint density at radius 2 is 2.29 bits per heavy atom. The molecule has 0 bridgehead atoms. The second-order valence-electron chi connectivity index (χ2n) is 4.71. The highest BCUT2D eigenvalue weighted by molar-refractivity contribution is 5.58. The molecule has 0 aliphatic rings. The number of nitrogens with one attached hydrogen (secondary N) is 1. The van der Waals surface area contributed by atoms with E-state index in [-0.39, 0.29) is 0 Å². The Kier molecular flexibility index (Phi) is 4.02. The first-order valence-corrected chi connectivity index (χ1v) is 6.68. The summed E-state index contributed by atoms with van der Waals surface area (Å²) in [6.07, 6.45) is 4.42. The summed E-state index contributed by atoms with van der Waals surface area (Å²) in [5.41, 5.74) is 3.92. The lowest BCUT2D eigenvalue weighted by Crippen LogP contribution is -2.02. The van der Waals surface area contributed by atoms with Crippen molar-refractivity contribution in [3.63, 3.8) is 0 Å². The molecule has 1 N–H and O–H groups in total. The smallest absolute Gasteiger partial charge is 0.113 e. The zero-order valence-electron chi connectivity index (χ0n) is 11.7. The van der Waals surface area contributed by atoms with Crippen LogP contribution in [0.2, 0.25) is 0 Å². The van der Waals surface area contributed by atoms with E-state index in [4.69, 9.17) is 4.74 Å². The van der Waals surface area contributed by atoms with Crippen LogP contribution in [0.3, 0.4) is 0 Å². The van der Waals surface area contributed by atoms with E-state index < -0.39 is 0 Å². The lowest BCUT2D eigenvalue weighted by molar-refractivity contribution is 0.185. The largest absolute Gasteiger partial charge is 0.380 e. The maximum atomic E-state index is 5.15. The number of aromatic amines is 1. The van der Waals surface area contributed by atoms with Crippen LogP contribution in [0.25, 0.3) is 11.3 Å². The Balaban J connectivity index is 1.70. The molecule has 3 aromatic rings. The van der Waals surface area contributed by atoms with Crippen molar-refractivity contribution >= 4 is 0 Å². The topological polar surface area (TPSA) is 81.5 Å². The van der Waals surface area contributed by atoms with Crippen molar-refractivity contribution in [3.05, 3.63) is 47.9 Å². The fraction of sp³-hybridized carbons (Fsp3) is 0.286. The fourth-order valence-corrected chi connectivity index (χ4v) is 2.10. The second kappa shape index (κ2) is 6.27. The van der Waals surface area contributed by atoms with Gasteiger partial charge in [-0.05, 0) is 11.6 Å². The van der Waals surface area contributed by atoms with Crippen LogP contribution in [0.15, 0.2) is 36.7 Å². The van der Waals surface area contributed by atoms with Crippen LogP contribution in [0, 0.1) is 0 Å². The minimum absolute atomic E-state index is 0.591. The Morgan fingerprint density at radius 1 is 1.33 bits per heavy atom. The summed E-state index contributed by atoms with van der Waals surface area (Å²) in [4.78, 5) is 0. The molecule has 0 aliphatic heterocycles. The lowest BCUT2D eigenvalue weighted by atomic mass is 10.1. The van der Waals surface area contributed by atoms with Gasteiger partial charge in [0.1, 0.15) is 5.69 Å². The number of H-pyrrole nitrogens is 1. The van der Waals surface area contributed by atoms with E-state index >= 15 is 0 Å². The molecule has 2 heterocycles. The molecule has 0 aliphatic carbocycles. The monoisotopic (exact) mass is 284 g/mol. The Bertz CT molecular complexity index is 691. The number of rotatable bonds is 6. The van der Waals surface area contributed by atoms with Crippen LogP contribution in [0.5, 0.6) is 0 Å². The van der Waals surface area contributed by atoms with Gasteiger partial charge in [-0.25, -0.2) is 0 Å². The van der Waals surface area contributed by atoms with Crippen LogP contribution in [0.1, 0.15) is 11.3 Å². The zero-order chi connectivity index (χ0) is 14.5. The third-order valence-corrected chi connectivity index (χ3v) is 3.13. The average molecular weight is 284 g/mol. The van der Waals surface area contributed by atoms with Crippen molar-refractivity contribution in [2.75, 3.05) is 7.11 Å². The molecule has 0 amide bonds. The summed E-state index contributed by atoms with van der Waals surface area (Å²) in [6.45, 7) is 1.31. The molecule has 7 nitrogen and oxygen atoms in total. The van der Waals surface area contributed by atoms with Gasteiger partial charge in [-0.3, -0.25) is 4.68 Å². The minimum atomic E-state index is 0.591. The van der Waals surface area contributed by atoms with Crippen molar-refractivity contribution in [1.29, 1.82) is 0 Å². The first-order chi connectivity index (χ1) is 10.3. The summed E-state index contributed by atoms with van der Waals surface area (Å²) >= 11 is 0. The summed E-state index contributed by atoms with van der Waals surface area (Å²) in [5.74, 6) is 0. The van der Waals surface area contributed by atoms with E-state index in [2.05, 4.69) is 31.8 Å². The van der Waals surface area contributed by atoms with Crippen LogP contribution >= 0.6 is 0 Å². The van der Waals surface area contributed by atoms with E-state index in [0.29, 0.717) is 6.61 Å². The van der Waals surface area contributed by atoms with E-state index in [1.807, 2.05) is 29.1 Å². The highest BCUT2D eigenvalue weighted by Gasteiger charge is 2.05. The van der Waals surface area contributed by atoms with Crippen LogP contribution < -0.4 is 0 Å². The van der Waals surface area contributed by atoms with E-state index in [1.54, 1.807) is 13.3 Å². The number of hydrogen-bond acceptors (Lipinski definition) is 5. The molecular formula is C14H16N6O. The highest BCUT2D eigenvalue weighted by Crippen LogP contribution is 2.18. The molecule has 0 atom stereocenters. The predicted octanol–water partition coefficient (Wildman–Crippen LogP) is 1.45. The van der Waals surface area contributed by atoms with Crippen molar-refractivity contribution in [2.24, 2.45) is 0 Å². The standard InChI is InChI=1S/C14H16N6O/c1-21-10-11-3-2-4-12(7-11)14-9-20(19-17-14)6-5-13-8-15-18-16-13/h2-4,7-9H,5-6,10H2,1H3,(H,15,16,18). The quantitative estimate of drug-likeness (QED) is 0.741. The van der Waals surface area contributed by atoms with Gasteiger partial charge in [0.05, 0.1) is 24.7 Å². The summed E-state index contributed by atoms with van der Waals surface area (Å²) < 4.78 is 6.96. The average Bonchev–Trinajstić information content (AvgIpc) is 3.17. The van der Waals surface area contributed by atoms with E-state index in [0.717, 1.165) is 35.5 Å². The van der Waals surface area contributed by atoms with Gasteiger partial charge in [0.25, 0.3) is 0 Å². The van der Waals surface area contributed by atoms with Gasteiger partial charge < -0.3 is 4.74 Å². The highest BCUT2D eigenvalue weighted by atomic mass is 16.5. The van der Waals surface area contributed by atoms with Gasteiger partial charge >= 0.3 is 0 Å². The number of hydrogen-bond donors (Lipinski definition) is 1. The molecule has 3 rings (SSSR count). The molecule has 21 heavy (non-hydrogen) atoms. The predicted molar refractivity (Wildman–Crippen MR) is 76.3 cm³/mol. The third-order valence-electron chi connectivity index (χ3n) is 3.13. The Hall–Kier alpha value is -2.54. The lowest BCUT2D eigenvalue weighted by Gasteiger charge is -2.01. The molecule has 0 unspecified atom stereocenters. The molecular weight excluding hydrogens is 268 g/mol. The fourth-order valence-electron chi connectivity index (χ4n) is 2.10. The molecule has 0 radical (unpaired) electrons. The van der Waals surface area contributed by atoms with E-state index in [1.165, 1.54) is 0 Å². The maximum Gasteiger partial charge on any atom is 0.113 e. The molecule has 0 spiro atoms. The SMILES string of the molecule is COCc1cccc(-c2cn(CCc3cn[nH]n3)nn2)c1. The maximum absolute atomic E-state index is 5.15. The van der Waals surface area contributed by atoms with Gasteiger partial charge in [0.15, 0.2) is 0 Å². The van der Waals surface area contributed by atoms with Gasteiger partial charge in [-0.15, -0.1) is 5.10 Å². The van der Waals surface area contributed by atoms with Gasteiger partial charge in [0.2, 0.25) is 0 Å². The molecule has 0 saturated carbocycles. The molecule has 0 fully saturated rings. The number of nitrogens with zero attached hydrogens (tertiary/aromatic N) is 5. The van der Waals surface area contributed by atoms with Gasteiger partial charge in [-0.1, -0.05) is 23.4 Å².